The average Bonchev–Trinajstić information content (AvgIpc) is 2.90. The first-order chi connectivity index (χ1) is 19.0. The van der Waals surface area contributed by atoms with Gasteiger partial charge >= 0.3 is 5.97 Å². The van der Waals surface area contributed by atoms with Crippen molar-refractivity contribution in [3.05, 3.63) is 0 Å². The van der Waals surface area contributed by atoms with E-state index in [0.717, 1.165) is 0 Å². The molecule has 0 bridgehead atoms. The molecule has 0 aliphatic carbocycles. The van der Waals surface area contributed by atoms with Gasteiger partial charge < -0.3 is 37.4 Å². The number of hydrogen-bond donors (Lipinski definition) is 8. The Kier molecular flexibility index (Phi) is 17.2. The fourth-order valence-corrected chi connectivity index (χ4v) is 4.00. The highest BCUT2D eigenvalue weighted by Crippen LogP contribution is 2.13. The van der Waals surface area contributed by atoms with E-state index < -0.39 is 71.8 Å². The largest absolute Gasteiger partial charge is 0.480 e. The second kappa shape index (κ2) is 18.5. The summed E-state index contributed by atoms with van der Waals surface area (Å²) in [6.45, 7) is 13.8. The number of carbonyl (C=O) groups is 6. The van der Waals surface area contributed by atoms with Gasteiger partial charge in [-0.1, -0.05) is 54.4 Å². The Morgan fingerprint density at radius 2 is 1.07 bits per heavy atom. The van der Waals surface area contributed by atoms with Crippen LogP contribution in [-0.4, -0.2) is 82.6 Å². The Morgan fingerprint density at radius 3 is 1.44 bits per heavy atom. The molecule has 0 unspecified atom stereocenters. The molecule has 0 saturated carbocycles. The number of thiol groups is 1. The van der Waals surface area contributed by atoms with Gasteiger partial charge in [-0.3, -0.25) is 28.8 Å². The van der Waals surface area contributed by atoms with Gasteiger partial charge in [-0.2, -0.15) is 12.6 Å². The summed E-state index contributed by atoms with van der Waals surface area (Å²) in [4.78, 5) is 75.8. The minimum absolute atomic E-state index is 0.0569. The number of nitrogens with one attached hydrogen (secondary N) is 5. The lowest BCUT2D eigenvalue weighted by Gasteiger charge is -2.30. The zero-order valence-electron chi connectivity index (χ0n) is 25.4. The Morgan fingerprint density at radius 1 is 0.659 bits per heavy atom. The predicted molar refractivity (Wildman–Crippen MR) is 159 cm³/mol. The zero-order valence-corrected chi connectivity index (χ0v) is 26.3. The van der Waals surface area contributed by atoms with Crippen molar-refractivity contribution in [2.24, 2.45) is 23.5 Å². The van der Waals surface area contributed by atoms with E-state index in [1.54, 1.807) is 13.8 Å². The number of aliphatic carboxylic acids is 1. The minimum Gasteiger partial charge on any atom is -0.480 e. The molecule has 5 amide bonds. The SMILES string of the molecule is CC[C@H](C)[C@H](NC(=O)[C@H](CS)NC(=O)[C@@H](NC(=O)[C@H](CC(C)C)NC(=O)[C@H](C)N)[C@@H](C)CC)C(=O)N[C@@H](C)C(=O)O. The number of rotatable bonds is 18. The van der Waals surface area contributed by atoms with Crippen molar-refractivity contribution in [3.63, 3.8) is 0 Å². The van der Waals surface area contributed by atoms with Crippen LogP contribution in [0.3, 0.4) is 0 Å². The fraction of sp³-hybridized carbons (Fsp3) is 0.778. The number of carboxylic acid groups (broad SMARTS) is 1. The molecule has 0 radical (unpaired) electrons. The van der Waals surface area contributed by atoms with Crippen LogP contribution in [0.25, 0.3) is 0 Å². The Hall–Kier alpha value is -2.87. The first-order valence-electron chi connectivity index (χ1n) is 14.1. The van der Waals surface area contributed by atoms with Gasteiger partial charge in [0, 0.05) is 5.75 Å². The van der Waals surface area contributed by atoms with Crippen LogP contribution in [0.2, 0.25) is 0 Å². The number of hydrogen-bond acceptors (Lipinski definition) is 8. The van der Waals surface area contributed by atoms with Gasteiger partial charge in [0.1, 0.15) is 30.2 Å². The highest BCUT2D eigenvalue weighted by atomic mass is 32.1. The summed E-state index contributed by atoms with van der Waals surface area (Å²) in [5.74, 6) is -4.99. The molecular formula is C27H50N6O7S. The van der Waals surface area contributed by atoms with Crippen LogP contribution < -0.4 is 32.3 Å². The third-order valence-electron chi connectivity index (χ3n) is 6.88. The van der Waals surface area contributed by atoms with Crippen LogP contribution in [0.1, 0.15) is 74.7 Å². The quantitative estimate of drug-likeness (QED) is 0.0994. The van der Waals surface area contributed by atoms with Gasteiger partial charge in [0.2, 0.25) is 29.5 Å². The van der Waals surface area contributed by atoms with E-state index in [1.165, 1.54) is 13.8 Å². The molecule has 0 aromatic rings. The van der Waals surface area contributed by atoms with Gasteiger partial charge in [-0.25, -0.2) is 0 Å². The van der Waals surface area contributed by atoms with Crippen LogP contribution in [0.5, 0.6) is 0 Å². The van der Waals surface area contributed by atoms with E-state index in [-0.39, 0.29) is 23.5 Å². The van der Waals surface area contributed by atoms with Gasteiger partial charge in [-0.15, -0.1) is 0 Å². The summed E-state index contributed by atoms with van der Waals surface area (Å²) in [5.41, 5.74) is 5.65. The first-order valence-corrected chi connectivity index (χ1v) is 14.7. The van der Waals surface area contributed by atoms with Gasteiger partial charge in [0.25, 0.3) is 0 Å². The molecule has 14 heteroatoms. The molecule has 8 atom stereocenters. The number of amides is 5. The number of nitrogens with two attached hydrogens (primary N) is 1. The molecule has 0 fully saturated rings. The van der Waals surface area contributed by atoms with Crippen LogP contribution in [0.4, 0.5) is 0 Å². The molecule has 8 N–H and O–H groups in total. The van der Waals surface area contributed by atoms with Gasteiger partial charge in [0.15, 0.2) is 0 Å². The van der Waals surface area contributed by atoms with E-state index >= 15 is 0 Å². The Balaban J connectivity index is 5.80. The predicted octanol–water partition coefficient (Wildman–Crippen LogP) is -0.0698. The maximum absolute atomic E-state index is 13.4. The standard InChI is InChI=1S/C27H50N6O7S/c1-9-14(5)20(25(37)29-17(8)27(39)40)33-24(36)19(12-41)31-26(38)21(15(6)10-2)32-23(35)18(11-13(3)4)30-22(34)16(7)28/h13-21,41H,9-12,28H2,1-8H3,(H,29,37)(H,30,34)(H,31,38)(H,32,35)(H,33,36)(H,39,40)/t14-,15-,16-,17-,18-,19-,20-,21-/m0/s1. The summed E-state index contributed by atoms with van der Waals surface area (Å²) in [6.07, 6.45) is 1.35. The molecule has 0 aromatic heterocycles. The molecule has 0 saturated heterocycles. The molecule has 0 aromatic carbocycles. The van der Waals surface area contributed by atoms with Gasteiger partial charge in [-0.05, 0) is 38.0 Å². The van der Waals surface area contributed by atoms with Crippen molar-refractivity contribution in [2.75, 3.05) is 5.75 Å². The third-order valence-corrected chi connectivity index (χ3v) is 7.25. The molecule has 0 aliphatic rings. The summed E-state index contributed by atoms with van der Waals surface area (Å²) < 4.78 is 0. The topological polar surface area (TPSA) is 209 Å². The van der Waals surface area contributed by atoms with Crippen molar-refractivity contribution in [3.8, 4) is 0 Å². The Bertz CT molecular complexity index is 917. The molecule has 0 heterocycles. The fourth-order valence-electron chi connectivity index (χ4n) is 3.74. The van der Waals surface area contributed by atoms with Crippen molar-refractivity contribution >= 4 is 48.1 Å². The summed E-state index contributed by atoms with van der Waals surface area (Å²) >= 11 is 4.20. The zero-order chi connectivity index (χ0) is 32.0. The lowest BCUT2D eigenvalue weighted by atomic mass is 9.96. The normalized spacial score (nSPS) is 17.0. The van der Waals surface area contributed by atoms with Crippen LogP contribution in [-0.2, 0) is 28.8 Å². The maximum Gasteiger partial charge on any atom is 0.325 e. The average molecular weight is 603 g/mol. The van der Waals surface area contributed by atoms with E-state index in [1.807, 2.05) is 27.7 Å². The monoisotopic (exact) mass is 602 g/mol. The van der Waals surface area contributed by atoms with Crippen molar-refractivity contribution in [1.29, 1.82) is 0 Å². The summed E-state index contributed by atoms with van der Waals surface area (Å²) in [7, 11) is 0. The Labute approximate surface area is 248 Å². The van der Waals surface area contributed by atoms with Crippen molar-refractivity contribution < 1.29 is 33.9 Å². The molecule has 0 rings (SSSR count). The third kappa shape index (κ3) is 13.1. The van der Waals surface area contributed by atoms with Crippen molar-refractivity contribution in [2.45, 2.75) is 111 Å². The van der Waals surface area contributed by atoms with Crippen LogP contribution >= 0.6 is 12.6 Å². The van der Waals surface area contributed by atoms with E-state index in [0.29, 0.717) is 19.3 Å². The molecule has 236 valence electrons. The highest BCUT2D eigenvalue weighted by molar-refractivity contribution is 7.80. The lowest BCUT2D eigenvalue weighted by molar-refractivity contribution is -0.142. The summed E-state index contributed by atoms with van der Waals surface area (Å²) in [6, 6.07) is -6.15. The van der Waals surface area contributed by atoms with E-state index in [2.05, 4.69) is 39.2 Å². The van der Waals surface area contributed by atoms with Crippen LogP contribution in [0, 0.1) is 17.8 Å². The van der Waals surface area contributed by atoms with Gasteiger partial charge in [0.05, 0.1) is 6.04 Å². The highest BCUT2D eigenvalue weighted by Gasteiger charge is 2.34. The first kappa shape index (κ1) is 38.1. The van der Waals surface area contributed by atoms with E-state index in [9.17, 15) is 28.8 Å². The lowest BCUT2D eigenvalue weighted by Crippen LogP contribution is -2.61. The molecule has 41 heavy (non-hydrogen) atoms. The van der Waals surface area contributed by atoms with E-state index in [4.69, 9.17) is 10.8 Å². The van der Waals surface area contributed by atoms with Crippen molar-refractivity contribution in [1.82, 2.24) is 26.6 Å². The summed E-state index contributed by atoms with van der Waals surface area (Å²) in [5, 5.41) is 22.1. The number of carbonyl (C=O) groups excluding carboxylic acids is 5. The minimum atomic E-state index is -1.22. The maximum atomic E-state index is 13.4. The molecule has 0 spiro atoms. The number of carboxylic acids is 1. The second-order valence-electron chi connectivity index (χ2n) is 11.0. The molecule has 0 aliphatic heterocycles. The second-order valence-corrected chi connectivity index (χ2v) is 11.4. The molecule has 13 nitrogen and oxygen atoms in total. The van der Waals surface area contributed by atoms with Crippen LogP contribution in [0.15, 0.2) is 0 Å². The molecular weight excluding hydrogens is 552 g/mol. The smallest absolute Gasteiger partial charge is 0.325 e.